The van der Waals surface area contributed by atoms with E-state index in [2.05, 4.69) is 12.2 Å². The predicted molar refractivity (Wildman–Crippen MR) is 77.5 cm³/mol. The third kappa shape index (κ3) is 3.29. The summed E-state index contributed by atoms with van der Waals surface area (Å²) in [4.78, 5) is 12.2. The number of hydrogen-bond acceptors (Lipinski definition) is 4. The lowest BCUT2D eigenvalue weighted by Gasteiger charge is -2.34. The van der Waals surface area contributed by atoms with Crippen LogP contribution in [0.3, 0.4) is 0 Å². The van der Waals surface area contributed by atoms with Gasteiger partial charge in [0.1, 0.15) is 6.61 Å². The Balaban J connectivity index is 1.55. The van der Waals surface area contributed by atoms with Crippen molar-refractivity contribution in [3.05, 3.63) is 24.3 Å². The van der Waals surface area contributed by atoms with Gasteiger partial charge in [-0.3, -0.25) is 4.79 Å². The molecule has 2 aliphatic rings. The lowest BCUT2D eigenvalue weighted by molar-refractivity contribution is -0.131. The zero-order chi connectivity index (χ0) is 14.7. The maximum Gasteiger partial charge on any atom is 0.264 e. The van der Waals surface area contributed by atoms with E-state index in [9.17, 15) is 4.79 Å². The summed E-state index contributed by atoms with van der Waals surface area (Å²) in [7, 11) is 0. The fourth-order valence-corrected chi connectivity index (χ4v) is 2.60. The highest BCUT2D eigenvalue weighted by Crippen LogP contribution is 2.31. The number of ether oxygens (including phenoxy) is 3. The molecule has 0 bridgehead atoms. The smallest absolute Gasteiger partial charge is 0.264 e. The first kappa shape index (κ1) is 14.2. The van der Waals surface area contributed by atoms with Crippen LogP contribution in [-0.4, -0.2) is 38.4 Å². The molecule has 5 heteroatoms. The summed E-state index contributed by atoms with van der Waals surface area (Å²) in [5.74, 6) is 1.20. The molecular weight excluding hydrogens is 270 g/mol. The van der Waals surface area contributed by atoms with Crippen LogP contribution in [-0.2, 0) is 9.53 Å². The lowest BCUT2D eigenvalue weighted by Crippen LogP contribution is -2.47. The van der Waals surface area contributed by atoms with E-state index >= 15 is 0 Å². The fourth-order valence-electron chi connectivity index (χ4n) is 2.60. The molecule has 21 heavy (non-hydrogen) atoms. The van der Waals surface area contributed by atoms with Gasteiger partial charge in [-0.25, -0.2) is 0 Å². The van der Waals surface area contributed by atoms with Crippen molar-refractivity contribution in [3.8, 4) is 11.5 Å². The Morgan fingerprint density at radius 2 is 2.00 bits per heavy atom. The van der Waals surface area contributed by atoms with Crippen LogP contribution in [0.2, 0.25) is 0 Å². The second kappa shape index (κ2) is 5.93. The molecule has 0 aliphatic carbocycles. The Morgan fingerprint density at radius 1 is 1.29 bits per heavy atom. The normalized spacial score (nSPS) is 23.4. The number of carbonyl (C=O) groups is 1. The third-order valence-electron chi connectivity index (χ3n) is 4.19. The molecular formula is C16H21NO4. The molecule has 2 heterocycles. The van der Waals surface area contributed by atoms with Crippen molar-refractivity contribution in [2.75, 3.05) is 26.4 Å². The van der Waals surface area contributed by atoms with Crippen LogP contribution >= 0.6 is 0 Å². The molecule has 1 unspecified atom stereocenters. The minimum atomic E-state index is -0.580. The zero-order valence-corrected chi connectivity index (χ0v) is 12.3. The molecule has 5 nitrogen and oxygen atoms in total. The Labute approximate surface area is 124 Å². The van der Waals surface area contributed by atoms with E-state index < -0.39 is 6.10 Å². The number of hydrogen-bond donors (Lipinski definition) is 1. The van der Waals surface area contributed by atoms with Crippen LogP contribution in [0, 0.1) is 5.41 Å². The van der Waals surface area contributed by atoms with Crippen LogP contribution in [0.5, 0.6) is 11.5 Å². The number of fused-ring (bicyclic) bond motifs is 1. The molecule has 1 amide bonds. The van der Waals surface area contributed by atoms with E-state index in [1.807, 2.05) is 24.3 Å². The van der Waals surface area contributed by atoms with Crippen molar-refractivity contribution in [2.24, 2.45) is 5.41 Å². The van der Waals surface area contributed by atoms with Crippen molar-refractivity contribution in [2.45, 2.75) is 25.9 Å². The summed E-state index contributed by atoms with van der Waals surface area (Å²) in [6, 6.07) is 7.40. The maximum atomic E-state index is 12.2. The summed E-state index contributed by atoms with van der Waals surface area (Å²) in [5, 5.41) is 2.99. The predicted octanol–water partition coefficient (Wildman–Crippen LogP) is 1.76. The minimum Gasteiger partial charge on any atom is -0.485 e. The van der Waals surface area contributed by atoms with E-state index in [0.717, 1.165) is 26.1 Å². The monoisotopic (exact) mass is 291 g/mol. The minimum absolute atomic E-state index is 0.112. The molecule has 0 aromatic heterocycles. The molecule has 1 N–H and O–H groups in total. The first-order valence-corrected chi connectivity index (χ1v) is 7.40. The molecule has 1 aromatic rings. The Hall–Kier alpha value is -1.75. The van der Waals surface area contributed by atoms with Gasteiger partial charge in [-0.1, -0.05) is 19.1 Å². The first-order valence-electron chi connectivity index (χ1n) is 7.40. The molecule has 1 saturated heterocycles. The highest BCUT2D eigenvalue weighted by molar-refractivity contribution is 5.81. The highest BCUT2D eigenvalue weighted by atomic mass is 16.6. The molecule has 0 saturated carbocycles. The fraction of sp³-hybridized carbons (Fsp3) is 0.562. The molecule has 114 valence electrons. The summed E-state index contributed by atoms with van der Waals surface area (Å²) in [6.07, 6.45) is 1.36. The summed E-state index contributed by atoms with van der Waals surface area (Å²) in [5.41, 5.74) is 0.112. The van der Waals surface area contributed by atoms with Gasteiger partial charge < -0.3 is 19.5 Å². The molecule has 3 rings (SSSR count). The number of rotatable bonds is 3. The van der Waals surface area contributed by atoms with Crippen LogP contribution in [0.4, 0.5) is 0 Å². The maximum absolute atomic E-state index is 12.2. The van der Waals surface area contributed by atoms with Crippen molar-refractivity contribution in [1.29, 1.82) is 0 Å². The lowest BCUT2D eigenvalue weighted by atomic mass is 9.82. The van der Waals surface area contributed by atoms with Gasteiger partial charge in [-0.05, 0) is 30.4 Å². The molecule has 1 atom stereocenters. The largest absolute Gasteiger partial charge is 0.485 e. The summed E-state index contributed by atoms with van der Waals surface area (Å²) < 4.78 is 16.6. The van der Waals surface area contributed by atoms with Gasteiger partial charge in [0.25, 0.3) is 5.91 Å². The SMILES string of the molecule is CC1(CNC(=O)C2COc3ccccc3O2)CCOCC1. The van der Waals surface area contributed by atoms with Gasteiger partial charge in [0.15, 0.2) is 11.5 Å². The summed E-state index contributed by atoms with van der Waals surface area (Å²) >= 11 is 0. The highest BCUT2D eigenvalue weighted by Gasteiger charge is 2.31. The second-order valence-electron chi connectivity index (χ2n) is 6.01. The standard InChI is InChI=1S/C16H21NO4/c1-16(6-8-19-9-7-16)11-17-15(18)14-10-20-12-4-2-3-5-13(12)21-14/h2-5,14H,6-11H2,1H3,(H,17,18). The molecule has 0 radical (unpaired) electrons. The Morgan fingerprint density at radius 3 is 2.76 bits per heavy atom. The van der Waals surface area contributed by atoms with Gasteiger partial charge in [-0.2, -0.15) is 0 Å². The number of para-hydroxylation sites is 2. The summed E-state index contributed by atoms with van der Waals surface area (Å²) in [6.45, 7) is 4.62. The van der Waals surface area contributed by atoms with Crippen molar-refractivity contribution >= 4 is 5.91 Å². The van der Waals surface area contributed by atoms with Gasteiger partial charge in [0.2, 0.25) is 6.10 Å². The first-order chi connectivity index (χ1) is 10.2. The zero-order valence-electron chi connectivity index (χ0n) is 12.3. The van der Waals surface area contributed by atoms with Crippen LogP contribution in [0.25, 0.3) is 0 Å². The molecule has 2 aliphatic heterocycles. The topological polar surface area (TPSA) is 56.8 Å². The van der Waals surface area contributed by atoms with Gasteiger partial charge >= 0.3 is 0 Å². The average molecular weight is 291 g/mol. The average Bonchev–Trinajstić information content (AvgIpc) is 2.53. The number of amides is 1. The molecule has 1 fully saturated rings. The number of carbonyl (C=O) groups excluding carboxylic acids is 1. The van der Waals surface area contributed by atoms with Gasteiger partial charge in [0, 0.05) is 19.8 Å². The van der Waals surface area contributed by atoms with Crippen LogP contribution < -0.4 is 14.8 Å². The van der Waals surface area contributed by atoms with E-state index in [1.54, 1.807) is 0 Å². The van der Waals surface area contributed by atoms with Crippen LogP contribution in [0.1, 0.15) is 19.8 Å². The number of nitrogens with one attached hydrogen (secondary N) is 1. The van der Waals surface area contributed by atoms with Gasteiger partial charge in [0.05, 0.1) is 0 Å². The van der Waals surface area contributed by atoms with E-state index in [1.165, 1.54) is 0 Å². The van der Waals surface area contributed by atoms with Crippen molar-refractivity contribution in [1.82, 2.24) is 5.32 Å². The van der Waals surface area contributed by atoms with Gasteiger partial charge in [-0.15, -0.1) is 0 Å². The third-order valence-corrected chi connectivity index (χ3v) is 4.19. The Kier molecular flexibility index (Phi) is 4.01. The van der Waals surface area contributed by atoms with Crippen molar-refractivity contribution in [3.63, 3.8) is 0 Å². The molecule has 1 aromatic carbocycles. The van der Waals surface area contributed by atoms with Crippen molar-refractivity contribution < 1.29 is 19.0 Å². The van der Waals surface area contributed by atoms with E-state index in [-0.39, 0.29) is 17.9 Å². The van der Waals surface area contributed by atoms with E-state index in [4.69, 9.17) is 14.2 Å². The van der Waals surface area contributed by atoms with Crippen LogP contribution in [0.15, 0.2) is 24.3 Å². The quantitative estimate of drug-likeness (QED) is 0.922. The number of benzene rings is 1. The molecule has 0 spiro atoms. The second-order valence-corrected chi connectivity index (χ2v) is 6.01. The van der Waals surface area contributed by atoms with E-state index in [0.29, 0.717) is 18.0 Å². The Bertz CT molecular complexity index is 511.